The van der Waals surface area contributed by atoms with Crippen LogP contribution in [0.25, 0.3) is 0 Å². The summed E-state index contributed by atoms with van der Waals surface area (Å²) in [7, 11) is 3.56. The molecule has 3 N–H and O–H groups in total. The van der Waals surface area contributed by atoms with Gasteiger partial charge < -0.3 is 16.0 Å². The summed E-state index contributed by atoms with van der Waals surface area (Å²) in [6.45, 7) is 0. The van der Waals surface area contributed by atoms with E-state index >= 15 is 0 Å². The molecule has 1 aliphatic carbocycles. The van der Waals surface area contributed by atoms with Gasteiger partial charge in [0.05, 0.1) is 6.04 Å². The van der Waals surface area contributed by atoms with E-state index in [9.17, 15) is 9.59 Å². The Bertz CT molecular complexity index is 342. The van der Waals surface area contributed by atoms with Gasteiger partial charge in [0.1, 0.15) is 0 Å². The molecule has 3 unspecified atom stereocenters. The third kappa shape index (κ3) is 6.89. The molecule has 0 bridgehead atoms. The fourth-order valence-corrected chi connectivity index (χ4v) is 3.08. The van der Waals surface area contributed by atoms with Crippen LogP contribution in [0.3, 0.4) is 0 Å². The van der Waals surface area contributed by atoms with Gasteiger partial charge in [-0.1, -0.05) is 6.42 Å². The molecule has 0 aromatic rings. The summed E-state index contributed by atoms with van der Waals surface area (Å²) < 4.78 is 0. The number of hydrogen-bond acceptors (Lipinski definition) is 4. The number of nitrogens with zero attached hydrogens (tertiary/aromatic N) is 1. The molecule has 0 aromatic heterocycles. The minimum atomic E-state index is -0.438. The second kappa shape index (κ2) is 10.3. The highest BCUT2D eigenvalue weighted by Crippen LogP contribution is 2.25. The summed E-state index contributed by atoms with van der Waals surface area (Å²) in [5.41, 5.74) is 5.86. The molecular formula is C14H28ClN3O2S. The zero-order valence-corrected chi connectivity index (χ0v) is 14.8. The Labute approximate surface area is 138 Å². The van der Waals surface area contributed by atoms with Crippen LogP contribution in [0.5, 0.6) is 0 Å². The Morgan fingerprint density at radius 1 is 1.38 bits per heavy atom. The number of hydrogen-bond donors (Lipinski definition) is 2. The van der Waals surface area contributed by atoms with E-state index in [-0.39, 0.29) is 36.2 Å². The zero-order chi connectivity index (χ0) is 15.1. The van der Waals surface area contributed by atoms with Crippen LogP contribution in [0, 0.1) is 5.92 Å². The van der Waals surface area contributed by atoms with E-state index in [1.54, 1.807) is 30.8 Å². The molecule has 1 aliphatic rings. The van der Waals surface area contributed by atoms with E-state index in [4.69, 9.17) is 5.73 Å². The first-order valence-electron chi connectivity index (χ1n) is 7.21. The minimum absolute atomic E-state index is 0. The number of halogens is 1. The predicted molar refractivity (Wildman–Crippen MR) is 90.8 cm³/mol. The van der Waals surface area contributed by atoms with Gasteiger partial charge >= 0.3 is 0 Å². The maximum Gasteiger partial charge on any atom is 0.237 e. The van der Waals surface area contributed by atoms with Crippen LogP contribution in [0.4, 0.5) is 0 Å². The molecule has 1 fully saturated rings. The van der Waals surface area contributed by atoms with Crippen LogP contribution in [-0.2, 0) is 9.59 Å². The van der Waals surface area contributed by atoms with E-state index in [2.05, 4.69) is 5.32 Å². The van der Waals surface area contributed by atoms with Gasteiger partial charge in [-0.05, 0) is 37.7 Å². The lowest BCUT2D eigenvalue weighted by molar-refractivity contribution is -0.135. The normalized spacial score (nSPS) is 22.9. The lowest BCUT2D eigenvalue weighted by Gasteiger charge is -2.31. The SMILES string of the molecule is CSCCC(N)C(=O)NC1CCCC(C(=O)N(C)C)C1.Cl. The zero-order valence-electron chi connectivity index (χ0n) is 13.1. The molecule has 7 heteroatoms. The molecule has 0 heterocycles. The van der Waals surface area contributed by atoms with Gasteiger partial charge in [-0.2, -0.15) is 11.8 Å². The van der Waals surface area contributed by atoms with E-state index in [1.165, 1.54) is 0 Å². The van der Waals surface area contributed by atoms with Crippen molar-refractivity contribution in [3.8, 4) is 0 Å². The Morgan fingerprint density at radius 3 is 2.62 bits per heavy atom. The standard InChI is InChI=1S/C14H27N3O2S.ClH/c1-17(2)14(19)10-5-4-6-11(9-10)16-13(18)12(15)7-8-20-3;/h10-12H,4-9,15H2,1-3H3,(H,16,18);1H. The van der Waals surface area contributed by atoms with Crippen LogP contribution in [0.2, 0.25) is 0 Å². The number of nitrogens with one attached hydrogen (secondary N) is 1. The van der Waals surface area contributed by atoms with Gasteiger partial charge in [-0.25, -0.2) is 0 Å². The summed E-state index contributed by atoms with van der Waals surface area (Å²) in [6.07, 6.45) is 6.27. The number of carbonyl (C=O) groups excluding carboxylic acids is 2. The molecule has 1 saturated carbocycles. The first-order chi connectivity index (χ1) is 9.45. The molecule has 21 heavy (non-hydrogen) atoms. The average Bonchev–Trinajstić information content (AvgIpc) is 2.43. The maximum absolute atomic E-state index is 12.0. The van der Waals surface area contributed by atoms with Crippen molar-refractivity contribution in [2.45, 2.75) is 44.2 Å². The quantitative estimate of drug-likeness (QED) is 0.765. The highest BCUT2D eigenvalue weighted by molar-refractivity contribution is 7.98. The second-order valence-electron chi connectivity index (χ2n) is 5.69. The number of carbonyl (C=O) groups is 2. The highest BCUT2D eigenvalue weighted by atomic mass is 35.5. The fraction of sp³-hybridized carbons (Fsp3) is 0.857. The van der Waals surface area contributed by atoms with E-state index < -0.39 is 6.04 Å². The van der Waals surface area contributed by atoms with Crippen molar-refractivity contribution in [2.75, 3.05) is 26.1 Å². The second-order valence-corrected chi connectivity index (χ2v) is 6.68. The van der Waals surface area contributed by atoms with E-state index in [1.807, 2.05) is 6.26 Å². The van der Waals surface area contributed by atoms with Crippen molar-refractivity contribution >= 4 is 36.0 Å². The summed E-state index contributed by atoms with van der Waals surface area (Å²) in [5.74, 6) is 1.00. The molecule has 0 aromatic carbocycles. The summed E-state index contributed by atoms with van der Waals surface area (Å²) in [6, 6.07) is -0.349. The molecular weight excluding hydrogens is 310 g/mol. The summed E-state index contributed by atoms with van der Waals surface area (Å²) >= 11 is 1.69. The van der Waals surface area contributed by atoms with Crippen molar-refractivity contribution in [1.82, 2.24) is 10.2 Å². The van der Waals surface area contributed by atoms with Gasteiger partial charge in [0.25, 0.3) is 0 Å². The molecule has 5 nitrogen and oxygen atoms in total. The molecule has 3 atom stereocenters. The number of rotatable bonds is 6. The Hall–Kier alpha value is -0.460. The van der Waals surface area contributed by atoms with E-state index in [0.29, 0.717) is 6.42 Å². The molecule has 124 valence electrons. The highest BCUT2D eigenvalue weighted by Gasteiger charge is 2.29. The molecule has 2 amide bonds. The van der Waals surface area contributed by atoms with Crippen molar-refractivity contribution in [1.29, 1.82) is 0 Å². The number of amides is 2. The van der Waals surface area contributed by atoms with Gasteiger partial charge in [-0.15, -0.1) is 12.4 Å². The molecule has 1 rings (SSSR count). The number of thioether (sulfide) groups is 1. The average molecular weight is 338 g/mol. The molecule has 0 radical (unpaired) electrons. The maximum atomic E-state index is 12.0. The van der Waals surface area contributed by atoms with Crippen LogP contribution >= 0.6 is 24.2 Å². The monoisotopic (exact) mass is 337 g/mol. The molecule has 0 aliphatic heterocycles. The summed E-state index contributed by atoms with van der Waals surface area (Å²) in [5, 5.41) is 3.01. The van der Waals surface area contributed by atoms with Gasteiger partial charge in [0.15, 0.2) is 0 Å². The molecule has 0 saturated heterocycles. The van der Waals surface area contributed by atoms with Gasteiger partial charge in [0.2, 0.25) is 11.8 Å². The third-order valence-corrected chi connectivity index (χ3v) is 4.42. The lowest BCUT2D eigenvalue weighted by atomic mass is 9.84. The predicted octanol–water partition coefficient (Wildman–Crippen LogP) is 1.25. The third-order valence-electron chi connectivity index (χ3n) is 3.78. The molecule has 0 spiro atoms. The Balaban J connectivity index is 0.00000400. The summed E-state index contributed by atoms with van der Waals surface area (Å²) in [4.78, 5) is 25.6. The van der Waals surface area contributed by atoms with Crippen LogP contribution in [-0.4, -0.2) is 54.9 Å². The van der Waals surface area contributed by atoms with Crippen molar-refractivity contribution in [3.63, 3.8) is 0 Å². The van der Waals surface area contributed by atoms with Crippen molar-refractivity contribution < 1.29 is 9.59 Å². The number of nitrogens with two attached hydrogens (primary N) is 1. The van der Waals surface area contributed by atoms with E-state index in [0.717, 1.165) is 31.4 Å². The van der Waals surface area contributed by atoms with Crippen LogP contribution in [0.15, 0.2) is 0 Å². The van der Waals surface area contributed by atoms with Gasteiger partial charge in [-0.3, -0.25) is 9.59 Å². The topological polar surface area (TPSA) is 75.4 Å². The lowest BCUT2D eigenvalue weighted by Crippen LogP contribution is -2.48. The Kier molecular flexibility index (Phi) is 10.1. The van der Waals surface area contributed by atoms with Crippen molar-refractivity contribution in [2.24, 2.45) is 11.7 Å². The first-order valence-corrected chi connectivity index (χ1v) is 8.61. The van der Waals surface area contributed by atoms with Gasteiger partial charge in [0, 0.05) is 26.1 Å². The fourth-order valence-electron chi connectivity index (χ4n) is 2.59. The minimum Gasteiger partial charge on any atom is -0.352 e. The Morgan fingerprint density at radius 2 is 2.05 bits per heavy atom. The van der Waals surface area contributed by atoms with Crippen molar-refractivity contribution in [3.05, 3.63) is 0 Å². The first kappa shape index (κ1) is 20.5. The van der Waals surface area contributed by atoms with Crippen LogP contribution < -0.4 is 11.1 Å². The van der Waals surface area contributed by atoms with Crippen LogP contribution in [0.1, 0.15) is 32.1 Å². The largest absolute Gasteiger partial charge is 0.352 e. The smallest absolute Gasteiger partial charge is 0.237 e.